The second-order valence-electron chi connectivity index (χ2n) is 4.53. The summed E-state index contributed by atoms with van der Waals surface area (Å²) in [6.45, 7) is -0.333. The number of hydrogen-bond acceptors (Lipinski definition) is 7. The van der Waals surface area contributed by atoms with E-state index in [0.29, 0.717) is 0 Å². The van der Waals surface area contributed by atoms with E-state index in [1.807, 2.05) is 0 Å². The number of rotatable bonds is 7. The summed E-state index contributed by atoms with van der Waals surface area (Å²) < 4.78 is 14.8. The van der Waals surface area contributed by atoms with E-state index in [4.69, 9.17) is 9.47 Å². The van der Waals surface area contributed by atoms with Gasteiger partial charge in [-0.15, -0.1) is 0 Å². The zero-order chi connectivity index (χ0) is 16.7. The maximum absolute atomic E-state index is 12.0. The largest absolute Gasteiger partial charge is 0.507 e. The van der Waals surface area contributed by atoms with Gasteiger partial charge in [-0.1, -0.05) is 0 Å². The normalized spacial score (nSPS) is 10.4. The van der Waals surface area contributed by atoms with Crippen LogP contribution in [0.2, 0.25) is 0 Å². The van der Waals surface area contributed by atoms with Crippen LogP contribution in [0.25, 0.3) is 0 Å². The summed E-state index contributed by atoms with van der Waals surface area (Å²) in [5.41, 5.74) is 0.0698. The Labute approximate surface area is 128 Å². The highest BCUT2D eigenvalue weighted by atomic mass is 16.6. The van der Waals surface area contributed by atoms with E-state index in [2.05, 4.69) is 4.74 Å². The van der Waals surface area contributed by atoms with Gasteiger partial charge in [0.2, 0.25) is 0 Å². The number of ketones is 1. The summed E-state index contributed by atoms with van der Waals surface area (Å²) in [5, 5.41) is 9.95. The zero-order valence-corrected chi connectivity index (χ0v) is 13.0. The highest BCUT2D eigenvalue weighted by Crippen LogP contribution is 2.34. The SMILES string of the molecule is COC(=O)COc1cc(O)c(C(=O)/C=C\N(C)C)cc1OC. The predicted octanol–water partition coefficient (Wildman–Crippen LogP) is 1.21. The predicted molar refractivity (Wildman–Crippen MR) is 79.3 cm³/mol. The Morgan fingerprint density at radius 3 is 2.45 bits per heavy atom. The zero-order valence-electron chi connectivity index (χ0n) is 13.0. The molecule has 0 aliphatic carbocycles. The first-order chi connectivity index (χ1) is 10.4. The Bertz CT molecular complexity index is 580. The number of phenols is 1. The second-order valence-corrected chi connectivity index (χ2v) is 4.53. The van der Waals surface area contributed by atoms with Crippen molar-refractivity contribution in [1.82, 2.24) is 4.90 Å². The fourth-order valence-corrected chi connectivity index (χ4v) is 1.52. The third-order valence-corrected chi connectivity index (χ3v) is 2.64. The summed E-state index contributed by atoms with van der Waals surface area (Å²) in [7, 11) is 6.17. The minimum absolute atomic E-state index is 0.0698. The highest BCUT2D eigenvalue weighted by molar-refractivity contribution is 6.06. The van der Waals surface area contributed by atoms with Crippen molar-refractivity contribution in [2.24, 2.45) is 0 Å². The number of hydrogen-bond donors (Lipinski definition) is 1. The van der Waals surface area contributed by atoms with Crippen molar-refractivity contribution < 1.29 is 28.9 Å². The molecule has 0 saturated carbocycles. The molecule has 0 spiro atoms. The molecule has 7 heteroatoms. The van der Waals surface area contributed by atoms with Crippen molar-refractivity contribution in [3.63, 3.8) is 0 Å². The number of carbonyl (C=O) groups excluding carboxylic acids is 2. The molecule has 1 rings (SSSR count). The van der Waals surface area contributed by atoms with Gasteiger partial charge in [-0.05, 0) is 6.07 Å². The maximum Gasteiger partial charge on any atom is 0.343 e. The quantitative estimate of drug-likeness (QED) is 0.460. The van der Waals surface area contributed by atoms with Gasteiger partial charge in [0.15, 0.2) is 23.9 Å². The molecule has 0 amide bonds. The number of ether oxygens (including phenoxy) is 3. The van der Waals surface area contributed by atoms with Crippen LogP contribution >= 0.6 is 0 Å². The first-order valence-corrected chi connectivity index (χ1v) is 6.38. The van der Waals surface area contributed by atoms with E-state index >= 15 is 0 Å². The van der Waals surface area contributed by atoms with Crippen molar-refractivity contribution in [2.75, 3.05) is 34.9 Å². The Morgan fingerprint density at radius 2 is 1.91 bits per heavy atom. The van der Waals surface area contributed by atoms with Gasteiger partial charge in [-0.2, -0.15) is 0 Å². The molecule has 1 aromatic rings. The van der Waals surface area contributed by atoms with Gasteiger partial charge in [-0.25, -0.2) is 4.79 Å². The van der Waals surface area contributed by atoms with E-state index in [1.165, 1.54) is 32.4 Å². The van der Waals surface area contributed by atoms with E-state index in [-0.39, 0.29) is 35.2 Å². The molecular weight excluding hydrogens is 290 g/mol. The third-order valence-electron chi connectivity index (χ3n) is 2.64. The van der Waals surface area contributed by atoms with Crippen LogP contribution in [0.4, 0.5) is 0 Å². The van der Waals surface area contributed by atoms with Crippen molar-refractivity contribution in [1.29, 1.82) is 0 Å². The molecule has 0 aliphatic heterocycles. The number of esters is 1. The van der Waals surface area contributed by atoms with Crippen molar-refractivity contribution in [2.45, 2.75) is 0 Å². The lowest BCUT2D eigenvalue weighted by molar-refractivity contribution is -0.142. The number of nitrogens with zero attached hydrogens (tertiary/aromatic N) is 1. The number of aromatic hydroxyl groups is 1. The van der Waals surface area contributed by atoms with Gasteiger partial charge in [0, 0.05) is 32.4 Å². The fraction of sp³-hybridized carbons (Fsp3) is 0.333. The topological polar surface area (TPSA) is 85.3 Å². The van der Waals surface area contributed by atoms with E-state index in [1.54, 1.807) is 25.2 Å². The van der Waals surface area contributed by atoms with Crippen LogP contribution < -0.4 is 9.47 Å². The van der Waals surface area contributed by atoms with Crippen LogP contribution in [0.3, 0.4) is 0 Å². The summed E-state index contributed by atoms with van der Waals surface area (Å²) in [6.07, 6.45) is 2.89. The molecule has 1 aromatic carbocycles. The van der Waals surface area contributed by atoms with Crippen molar-refractivity contribution in [3.8, 4) is 17.2 Å². The van der Waals surface area contributed by atoms with Crippen molar-refractivity contribution >= 4 is 11.8 Å². The molecule has 0 radical (unpaired) electrons. The summed E-state index contributed by atoms with van der Waals surface area (Å²) in [6, 6.07) is 2.57. The molecule has 7 nitrogen and oxygen atoms in total. The fourth-order valence-electron chi connectivity index (χ4n) is 1.52. The van der Waals surface area contributed by atoms with Gasteiger partial charge >= 0.3 is 5.97 Å². The van der Waals surface area contributed by atoms with Gasteiger partial charge in [-0.3, -0.25) is 4.79 Å². The molecule has 0 unspecified atom stereocenters. The number of allylic oxidation sites excluding steroid dienone is 1. The highest BCUT2D eigenvalue weighted by Gasteiger charge is 2.16. The molecule has 0 aromatic heterocycles. The van der Waals surface area contributed by atoms with Crippen LogP contribution in [-0.4, -0.2) is 56.7 Å². The minimum Gasteiger partial charge on any atom is -0.507 e. The molecule has 1 N–H and O–H groups in total. The smallest absolute Gasteiger partial charge is 0.343 e. The lowest BCUT2D eigenvalue weighted by atomic mass is 10.1. The first-order valence-electron chi connectivity index (χ1n) is 6.38. The third kappa shape index (κ3) is 4.69. The van der Waals surface area contributed by atoms with Crippen LogP contribution in [0.5, 0.6) is 17.2 Å². The standard InChI is InChI=1S/C15H19NO6/c1-16(2)6-5-11(17)10-7-13(20-3)14(8-12(10)18)22-9-15(19)21-4/h5-8,18H,9H2,1-4H3/b6-5-. The number of methoxy groups -OCH3 is 2. The lowest BCUT2D eigenvalue weighted by Gasteiger charge is -2.12. The van der Waals surface area contributed by atoms with Gasteiger partial charge in [0.25, 0.3) is 0 Å². The lowest BCUT2D eigenvalue weighted by Crippen LogP contribution is -2.13. The summed E-state index contributed by atoms with van der Waals surface area (Å²) in [5.74, 6) is -0.865. The summed E-state index contributed by atoms with van der Waals surface area (Å²) >= 11 is 0. The van der Waals surface area contributed by atoms with E-state index in [0.717, 1.165) is 0 Å². The van der Waals surface area contributed by atoms with E-state index < -0.39 is 5.97 Å². The molecule has 120 valence electrons. The Balaban J connectivity index is 3.04. The van der Waals surface area contributed by atoms with Crippen LogP contribution in [0, 0.1) is 0 Å². The maximum atomic E-state index is 12.0. The molecule has 0 heterocycles. The van der Waals surface area contributed by atoms with Crippen LogP contribution in [0.1, 0.15) is 10.4 Å². The average Bonchev–Trinajstić information content (AvgIpc) is 2.50. The number of phenolic OH excluding ortho intramolecular Hbond substituents is 1. The van der Waals surface area contributed by atoms with Crippen LogP contribution in [0.15, 0.2) is 24.4 Å². The molecule has 0 saturated heterocycles. The monoisotopic (exact) mass is 309 g/mol. The van der Waals surface area contributed by atoms with Gasteiger partial charge in [0.1, 0.15) is 5.75 Å². The second kappa shape index (κ2) is 7.92. The number of carbonyl (C=O) groups is 2. The molecule has 0 aliphatic rings. The Kier molecular flexibility index (Phi) is 6.25. The molecule has 0 bridgehead atoms. The van der Waals surface area contributed by atoms with Gasteiger partial charge < -0.3 is 24.2 Å². The molecular formula is C15H19NO6. The van der Waals surface area contributed by atoms with Crippen molar-refractivity contribution in [3.05, 3.63) is 30.0 Å². The minimum atomic E-state index is -0.574. The number of benzene rings is 1. The molecule has 22 heavy (non-hydrogen) atoms. The van der Waals surface area contributed by atoms with Crippen LogP contribution in [-0.2, 0) is 9.53 Å². The summed E-state index contributed by atoms with van der Waals surface area (Å²) in [4.78, 5) is 24.8. The molecule has 0 fully saturated rings. The van der Waals surface area contributed by atoms with E-state index in [9.17, 15) is 14.7 Å². The van der Waals surface area contributed by atoms with Gasteiger partial charge in [0.05, 0.1) is 19.8 Å². The molecule has 0 atom stereocenters. The average molecular weight is 309 g/mol. The Hall–Kier alpha value is -2.70. The first kappa shape index (κ1) is 17.4. The Morgan fingerprint density at radius 1 is 1.23 bits per heavy atom.